The van der Waals surface area contributed by atoms with E-state index in [1.165, 1.54) is 25.5 Å². The normalized spacial score (nSPS) is 10.5. The average molecular weight is 289 g/mol. The standard InChI is InChI=1S/C13H11N3O5/c1-20-10-4-2-9(3-5-10)13(17)15-14-8-11-6-7-12(21-11)16(18)19/h2-8H,1H3,(H,15,17)/b14-8-. The summed E-state index contributed by atoms with van der Waals surface area (Å²) in [5.41, 5.74) is 2.68. The molecule has 1 aromatic heterocycles. The lowest BCUT2D eigenvalue weighted by molar-refractivity contribution is -0.402. The first-order valence-corrected chi connectivity index (χ1v) is 5.82. The van der Waals surface area contributed by atoms with Gasteiger partial charge in [0, 0.05) is 5.56 Å². The first-order chi connectivity index (χ1) is 10.1. The maximum Gasteiger partial charge on any atom is 0.433 e. The Bertz CT molecular complexity index is 675. The number of nitrogens with zero attached hydrogens (tertiary/aromatic N) is 2. The van der Waals surface area contributed by atoms with Crippen molar-refractivity contribution in [3.8, 4) is 5.75 Å². The molecular weight excluding hydrogens is 278 g/mol. The van der Waals surface area contributed by atoms with E-state index in [-0.39, 0.29) is 5.76 Å². The minimum absolute atomic E-state index is 0.164. The van der Waals surface area contributed by atoms with Crippen LogP contribution in [0.25, 0.3) is 0 Å². The molecule has 0 saturated carbocycles. The molecule has 0 bridgehead atoms. The topological polar surface area (TPSA) is 107 Å². The highest BCUT2D eigenvalue weighted by Gasteiger charge is 2.10. The number of carbonyl (C=O) groups is 1. The minimum atomic E-state index is -0.659. The fourth-order valence-corrected chi connectivity index (χ4v) is 1.47. The molecule has 1 heterocycles. The molecule has 0 spiro atoms. The van der Waals surface area contributed by atoms with Crippen LogP contribution in [0.2, 0.25) is 0 Å². The van der Waals surface area contributed by atoms with E-state index in [1.54, 1.807) is 24.3 Å². The van der Waals surface area contributed by atoms with Crippen molar-refractivity contribution >= 4 is 18.0 Å². The molecule has 0 radical (unpaired) electrons. The van der Waals surface area contributed by atoms with Crippen LogP contribution in [-0.4, -0.2) is 24.2 Å². The van der Waals surface area contributed by atoms with Crippen molar-refractivity contribution in [1.29, 1.82) is 0 Å². The van der Waals surface area contributed by atoms with Crippen molar-refractivity contribution in [2.75, 3.05) is 7.11 Å². The second-order valence-electron chi connectivity index (χ2n) is 3.86. The third-order valence-corrected chi connectivity index (χ3v) is 2.50. The van der Waals surface area contributed by atoms with E-state index in [0.717, 1.165) is 0 Å². The number of rotatable bonds is 5. The van der Waals surface area contributed by atoms with Crippen molar-refractivity contribution in [3.05, 3.63) is 57.8 Å². The molecule has 8 nitrogen and oxygen atoms in total. The number of methoxy groups -OCH3 is 1. The molecular formula is C13H11N3O5. The van der Waals surface area contributed by atoms with Crippen LogP contribution in [0.3, 0.4) is 0 Å². The van der Waals surface area contributed by atoms with Gasteiger partial charge in [-0.05, 0) is 30.3 Å². The summed E-state index contributed by atoms with van der Waals surface area (Å²) in [6.07, 6.45) is 1.18. The smallest absolute Gasteiger partial charge is 0.433 e. The molecule has 0 saturated heterocycles. The molecule has 8 heteroatoms. The van der Waals surface area contributed by atoms with Crippen molar-refractivity contribution < 1.29 is 18.9 Å². The number of hydrogen-bond acceptors (Lipinski definition) is 6. The molecule has 0 atom stereocenters. The molecule has 108 valence electrons. The van der Waals surface area contributed by atoms with Gasteiger partial charge in [0.2, 0.25) is 0 Å². The van der Waals surface area contributed by atoms with Gasteiger partial charge < -0.3 is 9.15 Å². The van der Waals surface area contributed by atoms with Crippen molar-refractivity contribution in [2.45, 2.75) is 0 Å². The Hall–Kier alpha value is -3.16. The predicted octanol–water partition coefficient (Wildman–Crippen LogP) is 1.96. The summed E-state index contributed by atoms with van der Waals surface area (Å²) in [5, 5.41) is 14.1. The summed E-state index contributed by atoms with van der Waals surface area (Å²) in [4.78, 5) is 21.5. The second-order valence-corrected chi connectivity index (χ2v) is 3.86. The van der Waals surface area contributed by atoms with Crippen LogP contribution in [-0.2, 0) is 0 Å². The lowest BCUT2D eigenvalue weighted by Gasteiger charge is -2.01. The van der Waals surface area contributed by atoms with Crippen molar-refractivity contribution in [2.24, 2.45) is 5.10 Å². The molecule has 0 fully saturated rings. The summed E-state index contributed by atoms with van der Waals surface area (Å²) in [6.45, 7) is 0. The minimum Gasteiger partial charge on any atom is -0.497 e. The molecule has 1 N–H and O–H groups in total. The third kappa shape index (κ3) is 3.66. The Kier molecular flexibility index (Phi) is 4.30. The monoisotopic (exact) mass is 289 g/mol. The average Bonchev–Trinajstić information content (AvgIpc) is 2.96. The Morgan fingerprint density at radius 1 is 1.33 bits per heavy atom. The van der Waals surface area contributed by atoms with Gasteiger partial charge in [-0.15, -0.1) is 0 Å². The second kappa shape index (κ2) is 6.33. The summed E-state index contributed by atoms with van der Waals surface area (Å²) in [5.74, 6) is -0.0115. The number of nitrogens with one attached hydrogen (secondary N) is 1. The fraction of sp³-hybridized carbons (Fsp3) is 0.0769. The number of hydrogen-bond donors (Lipinski definition) is 1. The zero-order valence-corrected chi connectivity index (χ0v) is 11.0. The van der Waals surface area contributed by atoms with Gasteiger partial charge in [-0.2, -0.15) is 5.10 Å². The maximum absolute atomic E-state index is 11.7. The Morgan fingerprint density at radius 2 is 2.05 bits per heavy atom. The highest BCUT2D eigenvalue weighted by atomic mass is 16.6. The highest BCUT2D eigenvalue weighted by molar-refractivity contribution is 5.94. The zero-order valence-electron chi connectivity index (χ0n) is 11.0. The van der Waals surface area contributed by atoms with Crippen LogP contribution >= 0.6 is 0 Å². The fourth-order valence-electron chi connectivity index (χ4n) is 1.47. The maximum atomic E-state index is 11.7. The number of nitro groups is 1. The van der Waals surface area contributed by atoms with E-state index in [1.807, 2.05) is 0 Å². The van der Waals surface area contributed by atoms with Crippen LogP contribution in [0, 0.1) is 10.1 Å². The summed E-state index contributed by atoms with van der Waals surface area (Å²) in [6, 6.07) is 9.04. The van der Waals surface area contributed by atoms with Gasteiger partial charge >= 0.3 is 5.88 Å². The van der Waals surface area contributed by atoms with Gasteiger partial charge in [0.1, 0.15) is 10.7 Å². The molecule has 1 aromatic carbocycles. The first kappa shape index (κ1) is 14.3. The van der Waals surface area contributed by atoms with Gasteiger partial charge in [0.15, 0.2) is 5.76 Å². The van der Waals surface area contributed by atoms with E-state index >= 15 is 0 Å². The van der Waals surface area contributed by atoms with Crippen molar-refractivity contribution in [3.63, 3.8) is 0 Å². The molecule has 1 amide bonds. The van der Waals surface area contributed by atoms with E-state index in [0.29, 0.717) is 11.3 Å². The molecule has 0 unspecified atom stereocenters. The zero-order chi connectivity index (χ0) is 15.2. The number of benzene rings is 1. The SMILES string of the molecule is COc1ccc(C(=O)N/N=C\c2ccc([N+](=O)[O-])o2)cc1. The molecule has 0 aliphatic carbocycles. The molecule has 2 rings (SSSR count). The van der Waals surface area contributed by atoms with Crippen LogP contribution in [0.4, 0.5) is 5.88 Å². The van der Waals surface area contributed by atoms with E-state index in [2.05, 4.69) is 10.5 Å². The number of carbonyl (C=O) groups excluding carboxylic acids is 1. The number of ether oxygens (including phenoxy) is 1. The Balaban J connectivity index is 1.95. The summed E-state index contributed by atoms with van der Waals surface area (Å²) < 4.78 is 9.83. The number of hydrazone groups is 1. The van der Waals surface area contributed by atoms with Crippen LogP contribution in [0.15, 0.2) is 45.9 Å². The van der Waals surface area contributed by atoms with Gasteiger partial charge in [0.05, 0.1) is 19.4 Å². The van der Waals surface area contributed by atoms with Crippen molar-refractivity contribution in [1.82, 2.24) is 5.43 Å². The van der Waals surface area contributed by atoms with E-state index in [4.69, 9.17) is 9.15 Å². The summed E-state index contributed by atoms with van der Waals surface area (Å²) in [7, 11) is 1.53. The molecule has 0 aliphatic rings. The van der Waals surface area contributed by atoms with Crippen LogP contribution in [0.5, 0.6) is 5.75 Å². The molecule has 0 aliphatic heterocycles. The summed E-state index contributed by atoms with van der Waals surface area (Å²) >= 11 is 0. The lowest BCUT2D eigenvalue weighted by Crippen LogP contribution is -2.17. The van der Waals surface area contributed by atoms with Gasteiger partial charge in [0.25, 0.3) is 5.91 Å². The quantitative estimate of drug-likeness (QED) is 0.514. The van der Waals surface area contributed by atoms with E-state index < -0.39 is 16.7 Å². The van der Waals surface area contributed by atoms with E-state index in [9.17, 15) is 14.9 Å². The predicted molar refractivity (Wildman–Crippen MR) is 73.4 cm³/mol. The number of amides is 1. The largest absolute Gasteiger partial charge is 0.497 e. The lowest BCUT2D eigenvalue weighted by atomic mass is 10.2. The van der Waals surface area contributed by atoms with Gasteiger partial charge in [-0.25, -0.2) is 5.43 Å². The molecule has 2 aromatic rings. The number of furan rings is 1. The van der Waals surface area contributed by atoms with Gasteiger partial charge in [-0.3, -0.25) is 14.9 Å². The third-order valence-electron chi connectivity index (χ3n) is 2.50. The highest BCUT2D eigenvalue weighted by Crippen LogP contribution is 2.14. The Morgan fingerprint density at radius 3 is 2.62 bits per heavy atom. The first-order valence-electron chi connectivity index (χ1n) is 5.82. The van der Waals surface area contributed by atoms with Crippen LogP contribution in [0.1, 0.15) is 16.1 Å². The van der Waals surface area contributed by atoms with Gasteiger partial charge in [-0.1, -0.05) is 0 Å². The molecule has 21 heavy (non-hydrogen) atoms. The Labute approximate surface area is 119 Å². The van der Waals surface area contributed by atoms with Crippen LogP contribution < -0.4 is 10.2 Å².